The second-order valence-corrected chi connectivity index (χ2v) is 9.20. The van der Waals surface area contributed by atoms with Crippen LogP contribution in [-0.4, -0.2) is 60.8 Å². The Kier molecular flexibility index (Phi) is 5.17. The van der Waals surface area contributed by atoms with E-state index in [1.165, 1.54) is 38.8 Å². The number of hydrogen-bond donors (Lipinski definition) is 2. The molecule has 164 valence electrons. The standard InChI is InChI=1S/C23H31N7O/c1-29(2)17-5-4-6-18(11-17)30-22-21(27-28-30)19(31-3)12-20(26-22)25-15-16-13-23(14-16)7-9-24-10-8-23/h4-6,11-12,16,24H,7-10,13-15H2,1-3H3,(H,25,26). The molecule has 2 aliphatic rings. The van der Waals surface area contributed by atoms with Crippen LogP contribution in [0.2, 0.25) is 0 Å². The molecular formula is C23H31N7O. The number of benzene rings is 1. The van der Waals surface area contributed by atoms with Gasteiger partial charge in [-0.15, -0.1) is 5.10 Å². The second-order valence-electron chi connectivity index (χ2n) is 9.20. The van der Waals surface area contributed by atoms with Gasteiger partial charge in [-0.1, -0.05) is 11.3 Å². The lowest BCUT2D eigenvalue weighted by Crippen LogP contribution is -2.47. The van der Waals surface area contributed by atoms with Crippen LogP contribution in [-0.2, 0) is 0 Å². The van der Waals surface area contributed by atoms with E-state index >= 15 is 0 Å². The third-order valence-electron chi connectivity index (χ3n) is 6.86. The number of rotatable bonds is 6. The van der Waals surface area contributed by atoms with Crippen LogP contribution in [0.3, 0.4) is 0 Å². The largest absolute Gasteiger partial charge is 0.494 e. The number of fused-ring (bicyclic) bond motifs is 1. The Balaban J connectivity index is 1.37. The zero-order valence-corrected chi connectivity index (χ0v) is 18.6. The van der Waals surface area contributed by atoms with Crippen molar-refractivity contribution < 1.29 is 4.74 Å². The minimum atomic E-state index is 0.590. The molecule has 8 heteroatoms. The summed E-state index contributed by atoms with van der Waals surface area (Å²) >= 11 is 0. The van der Waals surface area contributed by atoms with Crippen LogP contribution >= 0.6 is 0 Å². The van der Waals surface area contributed by atoms with E-state index in [1.54, 1.807) is 11.8 Å². The molecule has 0 bridgehead atoms. The summed E-state index contributed by atoms with van der Waals surface area (Å²) in [6.07, 6.45) is 5.27. The first kappa shape index (κ1) is 20.1. The van der Waals surface area contributed by atoms with E-state index in [9.17, 15) is 0 Å². The molecule has 1 aromatic carbocycles. The van der Waals surface area contributed by atoms with Gasteiger partial charge in [0.05, 0.1) is 12.8 Å². The SMILES string of the molecule is COc1cc(NCC2CC3(CCNCC3)C2)nc2c1nnn2-c1cccc(N(C)C)c1. The maximum atomic E-state index is 5.61. The Morgan fingerprint density at radius 1 is 1.23 bits per heavy atom. The molecule has 0 amide bonds. The molecule has 0 unspecified atom stereocenters. The summed E-state index contributed by atoms with van der Waals surface area (Å²) in [7, 11) is 5.71. The van der Waals surface area contributed by atoms with Gasteiger partial charge in [0.15, 0.2) is 16.9 Å². The number of nitrogens with zero attached hydrogens (tertiary/aromatic N) is 5. The molecule has 1 spiro atoms. The molecule has 1 aliphatic heterocycles. The lowest BCUT2D eigenvalue weighted by molar-refractivity contribution is 0.0285. The quantitative estimate of drug-likeness (QED) is 0.633. The lowest BCUT2D eigenvalue weighted by atomic mass is 9.58. The topological polar surface area (TPSA) is 80.1 Å². The Morgan fingerprint density at radius 2 is 2.03 bits per heavy atom. The molecule has 0 radical (unpaired) electrons. The van der Waals surface area contributed by atoms with Gasteiger partial charge in [0, 0.05) is 32.4 Å². The van der Waals surface area contributed by atoms with E-state index in [2.05, 4.69) is 38.0 Å². The van der Waals surface area contributed by atoms with Crippen LogP contribution in [0.1, 0.15) is 25.7 Å². The summed E-state index contributed by atoms with van der Waals surface area (Å²) in [6, 6.07) is 10.1. The summed E-state index contributed by atoms with van der Waals surface area (Å²) < 4.78 is 7.39. The van der Waals surface area contributed by atoms with Crippen LogP contribution in [0, 0.1) is 11.3 Å². The van der Waals surface area contributed by atoms with E-state index < -0.39 is 0 Å². The summed E-state index contributed by atoms with van der Waals surface area (Å²) in [4.78, 5) is 6.92. The van der Waals surface area contributed by atoms with Gasteiger partial charge in [-0.05, 0) is 68.3 Å². The van der Waals surface area contributed by atoms with Gasteiger partial charge in [0.1, 0.15) is 5.82 Å². The van der Waals surface area contributed by atoms with Crippen LogP contribution < -0.4 is 20.3 Å². The maximum Gasteiger partial charge on any atom is 0.189 e. The van der Waals surface area contributed by atoms with Crippen molar-refractivity contribution in [3.05, 3.63) is 30.3 Å². The third-order valence-corrected chi connectivity index (χ3v) is 6.86. The van der Waals surface area contributed by atoms with Gasteiger partial charge < -0.3 is 20.3 Å². The fraction of sp³-hybridized carbons (Fsp3) is 0.522. The third kappa shape index (κ3) is 3.80. The summed E-state index contributed by atoms with van der Waals surface area (Å²) in [5.41, 5.74) is 3.97. The predicted octanol–water partition coefficient (Wildman–Crippen LogP) is 3.08. The average molecular weight is 422 g/mol. The van der Waals surface area contributed by atoms with E-state index in [-0.39, 0.29) is 0 Å². The Labute approximate surface area is 183 Å². The zero-order valence-electron chi connectivity index (χ0n) is 18.6. The van der Waals surface area contributed by atoms with Crippen LogP contribution in [0.5, 0.6) is 5.75 Å². The number of anilines is 2. The van der Waals surface area contributed by atoms with Gasteiger partial charge in [0.25, 0.3) is 0 Å². The predicted molar refractivity (Wildman–Crippen MR) is 123 cm³/mol. The molecular weight excluding hydrogens is 390 g/mol. The number of piperidine rings is 1. The number of hydrogen-bond acceptors (Lipinski definition) is 7. The molecule has 2 N–H and O–H groups in total. The van der Waals surface area contributed by atoms with Crippen molar-refractivity contribution in [2.24, 2.45) is 11.3 Å². The first-order valence-corrected chi connectivity index (χ1v) is 11.1. The minimum absolute atomic E-state index is 0.590. The van der Waals surface area contributed by atoms with Crippen molar-refractivity contribution in [3.8, 4) is 11.4 Å². The van der Waals surface area contributed by atoms with Gasteiger partial charge in [-0.2, -0.15) is 4.68 Å². The fourth-order valence-corrected chi connectivity index (χ4v) is 5.12. The normalized spacial score (nSPS) is 18.2. The summed E-state index contributed by atoms with van der Waals surface area (Å²) in [5.74, 6) is 2.20. The molecule has 2 aromatic heterocycles. The van der Waals surface area contributed by atoms with Crippen molar-refractivity contribution in [2.75, 3.05) is 51.1 Å². The molecule has 31 heavy (non-hydrogen) atoms. The van der Waals surface area contributed by atoms with Crippen molar-refractivity contribution in [2.45, 2.75) is 25.7 Å². The molecule has 0 atom stereocenters. The van der Waals surface area contributed by atoms with Gasteiger partial charge in [-0.3, -0.25) is 0 Å². The number of nitrogens with one attached hydrogen (secondary N) is 2. The van der Waals surface area contributed by atoms with Crippen molar-refractivity contribution in [1.82, 2.24) is 25.3 Å². The lowest BCUT2D eigenvalue weighted by Gasteiger charge is -2.50. The van der Waals surface area contributed by atoms with E-state index in [1.807, 2.05) is 32.3 Å². The molecule has 1 saturated heterocycles. The summed E-state index contributed by atoms with van der Waals surface area (Å²) in [5, 5.41) is 15.7. The highest BCUT2D eigenvalue weighted by molar-refractivity contribution is 5.81. The Hall–Kier alpha value is -2.87. The highest BCUT2D eigenvalue weighted by Crippen LogP contribution is 2.51. The molecule has 5 rings (SSSR count). The highest BCUT2D eigenvalue weighted by Gasteiger charge is 2.44. The number of methoxy groups -OCH3 is 1. The second kappa shape index (κ2) is 8.00. The molecule has 3 heterocycles. The minimum Gasteiger partial charge on any atom is -0.494 e. The maximum absolute atomic E-state index is 5.61. The van der Waals surface area contributed by atoms with E-state index in [4.69, 9.17) is 9.72 Å². The molecule has 3 aromatic rings. The molecule has 2 fully saturated rings. The fourth-order valence-electron chi connectivity index (χ4n) is 5.12. The van der Waals surface area contributed by atoms with Crippen LogP contribution in [0.15, 0.2) is 30.3 Å². The first-order chi connectivity index (χ1) is 15.1. The van der Waals surface area contributed by atoms with Crippen LogP contribution in [0.25, 0.3) is 16.9 Å². The van der Waals surface area contributed by atoms with Gasteiger partial charge in [0.2, 0.25) is 0 Å². The number of ether oxygens (including phenoxy) is 1. The first-order valence-electron chi connectivity index (χ1n) is 11.1. The van der Waals surface area contributed by atoms with E-state index in [0.717, 1.165) is 23.7 Å². The molecule has 8 nitrogen and oxygen atoms in total. The molecule has 1 saturated carbocycles. The Bertz CT molecular complexity index is 1060. The smallest absolute Gasteiger partial charge is 0.189 e. The van der Waals surface area contributed by atoms with Crippen molar-refractivity contribution >= 4 is 22.7 Å². The number of aromatic nitrogens is 4. The zero-order chi connectivity index (χ0) is 21.4. The molecule has 1 aliphatic carbocycles. The Morgan fingerprint density at radius 3 is 2.77 bits per heavy atom. The monoisotopic (exact) mass is 421 g/mol. The van der Waals surface area contributed by atoms with E-state index in [0.29, 0.717) is 28.2 Å². The van der Waals surface area contributed by atoms with Gasteiger partial charge in [-0.25, -0.2) is 4.98 Å². The highest BCUT2D eigenvalue weighted by atomic mass is 16.5. The summed E-state index contributed by atoms with van der Waals surface area (Å²) in [6.45, 7) is 3.28. The average Bonchev–Trinajstić information content (AvgIpc) is 3.20. The van der Waals surface area contributed by atoms with Gasteiger partial charge >= 0.3 is 0 Å². The van der Waals surface area contributed by atoms with Crippen molar-refractivity contribution in [1.29, 1.82) is 0 Å². The number of pyridine rings is 1. The van der Waals surface area contributed by atoms with Crippen molar-refractivity contribution in [3.63, 3.8) is 0 Å². The van der Waals surface area contributed by atoms with Crippen LogP contribution in [0.4, 0.5) is 11.5 Å².